The monoisotopic (exact) mass is 229 g/mol. The van der Waals surface area contributed by atoms with Gasteiger partial charge >= 0.3 is 5.97 Å². The van der Waals surface area contributed by atoms with E-state index in [9.17, 15) is 9.18 Å². The van der Waals surface area contributed by atoms with Crippen LogP contribution in [0.15, 0.2) is 11.4 Å². The van der Waals surface area contributed by atoms with Gasteiger partial charge in [0.25, 0.3) is 0 Å². The van der Waals surface area contributed by atoms with Crippen molar-refractivity contribution >= 4 is 17.3 Å². The number of aliphatic carboxylic acids is 1. The van der Waals surface area contributed by atoms with Crippen molar-refractivity contribution in [2.45, 2.75) is 12.5 Å². The number of fused-ring (bicyclic) bond motifs is 1. The first-order valence-electron chi connectivity index (χ1n) is 4.83. The van der Waals surface area contributed by atoms with Gasteiger partial charge in [0.05, 0.1) is 0 Å². The number of thiophene rings is 1. The molecule has 0 amide bonds. The SMILES string of the molecule is O=C(O)C1c2ccsc2CCN1CCF. The lowest BCUT2D eigenvalue weighted by Gasteiger charge is -2.32. The third-order valence-corrected chi connectivity index (χ3v) is 3.67. The van der Waals surface area contributed by atoms with Crippen LogP contribution < -0.4 is 0 Å². The summed E-state index contributed by atoms with van der Waals surface area (Å²) < 4.78 is 12.3. The molecule has 0 saturated heterocycles. The maximum atomic E-state index is 12.3. The summed E-state index contributed by atoms with van der Waals surface area (Å²) in [5, 5.41) is 11.0. The molecule has 0 saturated carbocycles. The van der Waals surface area contributed by atoms with E-state index in [4.69, 9.17) is 5.11 Å². The van der Waals surface area contributed by atoms with E-state index in [1.54, 1.807) is 16.2 Å². The van der Waals surface area contributed by atoms with Gasteiger partial charge in [0.2, 0.25) is 0 Å². The van der Waals surface area contributed by atoms with Crippen molar-refractivity contribution < 1.29 is 14.3 Å². The number of carboxylic acid groups (broad SMARTS) is 1. The van der Waals surface area contributed by atoms with Crippen LogP contribution in [0, 0.1) is 0 Å². The van der Waals surface area contributed by atoms with E-state index < -0.39 is 18.7 Å². The second kappa shape index (κ2) is 4.28. The van der Waals surface area contributed by atoms with E-state index in [1.807, 2.05) is 11.4 Å². The van der Waals surface area contributed by atoms with E-state index in [2.05, 4.69) is 0 Å². The highest BCUT2D eigenvalue weighted by Crippen LogP contribution is 2.33. The molecule has 1 atom stereocenters. The number of halogens is 1. The minimum Gasteiger partial charge on any atom is -0.480 e. The standard InChI is InChI=1S/C10H12FNO2S/c11-3-5-12-4-1-8-7(2-6-15-8)9(12)10(13)14/h2,6,9H,1,3-5H2,(H,13,14). The number of carboxylic acids is 1. The van der Waals surface area contributed by atoms with Crippen LogP contribution in [-0.4, -0.2) is 35.7 Å². The normalized spacial score (nSPS) is 21.3. The number of rotatable bonds is 3. The summed E-state index contributed by atoms with van der Waals surface area (Å²) in [6.45, 7) is 0.337. The Kier molecular flexibility index (Phi) is 3.02. The Morgan fingerprint density at radius 1 is 1.73 bits per heavy atom. The fourth-order valence-electron chi connectivity index (χ4n) is 2.01. The molecule has 1 aromatic heterocycles. The first kappa shape index (κ1) is 10.6. The quantitative estimate of drug-likeness (QED) is 0.857. The molecule has 2 heterocycles. The Morgan fingerprint density at radius 2 is 2.53 bits per heavy atom. The molecule has 1 aliphatic rings. The Labute approximate surface area is 91.1 Å². The van der Waals surface area contributed by atoms with Gasteiger partial charge < -0.3 is 5.11 Å². The summed E-state index contributed by atoms with van der Waals surface area (Å²) in [7, 11) is 0. The van der Waals surface area contributed by atoms with Gasteiger partial charge in [-0.3, -0.25) is 9.69 Å². The van der Waals surface area contributed by atoms with Crippen molar-refractivity contribution in [2.24, 2.45) is 0 Å². The van der Waals surface area contributed by atoms with Crippen molar-refractivity contribution in [1.29, 1.82) is 0 Å². The molecule has 0 radical (unpaired) electrons. The highest BCUT2D eigenvalue weighted by Gasteiger charge is 2.33. The average Bonchev–Trinajstić information content (AvgIpc) is 2.64. The average molecular weight is 229 g/mol. The molecule has 1 unspecified atom stereocenters. The summed E-state index contributed by atoms with van der Waals surface area (Å²) in [6, 6.07) is 1.18. The lowest BCUT2D eigenvalue weighted by atomic mass is 10.0. The van der Waals surface area contributed by atoms with Gasteiger partial charge in [-0.1, -0.05) is 0 Å². The number of nitrogens with zero attached hydrogens (tertiary/aromatic N) is 1. The molecule has 0 spiro atoms. The van der Waals surface area contributed by atoms with Crippen molar-refractivity contribution in [3.05, 3.63) is 21.9 Å². The van der Waals surface area contributed by atoms with Crippen molar-refractivity contribution in [1.82, 2.24) is 4.90 Å². The Bertz CT molecular complexity index is 366. The second-order valence-corrected chi connectivity index (χ2v) is 4.52. The molecule has 1 aromatic rings. The molecule has 1 N–H and O–H groups in total. The molecule has 2 rings (SSSR count). The molecule has 5 heteroatoms. The number of hydrogen-bond acceptors (Lipinski definition) is 3. The van der Waals surface area contributed by atoms with Gasteiger partial charge in [-0.2, -0.15) is 0 Å². The van der Waals surface area contributed by atoms with Crippen LogP contribution in [0.5, 0.6) is 0 Å². The van der Waals surface area contributed by atoms with Gasteiger partial charge in [-0.25, -0.2) is 4.39 Å². The lowest BCUT2D eigenvalue weighted by Crippen LogP contribution is -2.40. The lowest BCUT2D eigenvalue weighted by molar-refractivity contribution is -0.144. The first-order valence-corrected chi connectivity index (χ1v) is 5.71. The van der Waals surface area contributed by atoms with Crippen LogP contribution in [0.2, 0.25) is 0 Å². The van der Waals surface area contributed by atoms with Crippen LogP contribution in [0.25, 0.3) is 0 Å². The van der Waals surface area contributed by atoms with Gasteiger partial charge in [0, 0.05) is 18.0 Å². The Balaban J connectivity index is 2.30. The van der Waals surface area contributed by atoms with Crippen LogP contribution in [0.4, 0.5) is 4.39 Å². The molecule has 0 aliphatic carbocycles. The van der Waals surface area contributed by atoms with Crippen molar-refractivity contribution in [2.75, 3.05) is 19.8 Å². The highest BCUT2D eigenvalue weighted by atomic mass is 32.1. The summed E-state index contributed by atoms with van der Waals surface area (Å²) >= 11 is 1.58. The van der Waals surface area contributed by atoms with Crippen molar-refractivity contribution in [3.8, 4) is 0 Å². The third-order valence-electron chi connectivity index (χ3n) is 2.67. The zero-order valence-electron chi connectivity index (χ0n) is 8.15. The minimum atomic E-state index is -0.886. The van der Waals surface area contributed by atoms with Gasteiger partial charge in [0.1, 0.15) is 12.7 Å². The smallest absolute Gasteiger partial charge is 0.325 e. The molecule has 3 nitrogen and oxygen atoms in total. The zero-order chi connectivity index (χ0) is 10.8. The van der Waals surface area contributed by atoms with Crippen LogP contribution >= 0.6 is 11.3 Å². The predicted molar refractivity (Wildman–Crippen MR) is 55.9 cm³/mol. The molecule has 0 bridgehead atoms. The van der Waals surface area contributed by atoms with Gasteiger partial charge in [-0.15, -0.1) is 11.3 Å². The molecule has 82 valence electrons. The summed E-state index contributed by atoms with van der Waals surface area (Å²) in [5.74, 6) is -0.886. The summed E-state index contributed by atoms with van der Waals surface area (Å²) in [6.07, 6.45) is 0.830. The maximum absolute atomic E-state index is 12.3. The van der Waals surface area contributed by atoms with E-state index in [0.29, 0.717) is 6.54 Å². The topological polar surface area (TPSA) is 40.5 Å². The zero-order valence-corrected chi connectivity index (χ0v) is 8.97. The van der Waals surface area contributed by atoms with E-state index in [-0.39, 0.29) is 6.54 Å². The van der Waals surface area contributed by atoms with E-state index in [1.165, 1.54) is 0 Å². The summed E-state index contributed by atoms with van der Waals surface area (Å²) in [5.41, 5.74) is 0.840. The van der Waals surface area contributed by atoms with Gasteiger partial charge in [-0.05, 0) is 23.4 Å². The predicted octanol–water partition coefficient (Wildman–Crippen LogP) is 1.70. The molecular formula is C10H12FNO2S. The Morgan fingerprint density at radius 3 is 3.20 bits per heavy atom. The van der Waals surface area contributed by atoms with E-state index >= 15 is 0 Å². The molecule has 0 aromatic carbocycles. The maximum Gasteiger partial charge on any atom is 0.325 e. The van der Waals surface area contributed by atoms with E-state index in [0.717, 1.165) is 16.9 Å². The molecule has 0 fully saturated rings. The van der Waals surface area contributed by atoms with Crippen LogP contribution in [0.1, 0.15) is 16.5 Å². The van der Waals surface area contributed by atoms with Crippen LogP contribution in [0.3, 0.4) is 0 Å². The third kappa shape index (κ3) is 1.89. The number of alkyl halides is 1. The Hall–Kier alpha value is -0.940. The molecule has 1 aliphatic heterocycles. The van der Waals surface area contributed by atoms with Crippen molar-refractivity contribution in [3.63, 3.8) is 0 Å². The second-order valence-electron chi connectivity index (χ2n) is 3.51. The fraction of sp³-hybridized carbons (Fsp3) is 0.500. The number of hydrogen-bond donors (Lipinski definition) is 1. The molecule has 15 heavy (non-hydrogen) atoms. The summed E-state index contributed by atoms with van der Waals surface area (Å²) in [4.78, 5) is 14.0. The molecular weight excluding hydrogens is 217 g/mol. The number of carbonyl (C=O) groups is 1. The fourth-order valence-corrected chi connectivity index (χ4v) is 2.91. The van der Waals surface area contributed by atoms with Gasteiger partial charge in [0.15, 0.2) is 0 Å². The highest BCUT2D eigenvalue weighted by molar-refractivity contribution is 7.10. The van der Waals surface area contributed by atoms with Crippen LogP contribution in [-0.2, 0) is 11.2 Å². The first-order chi connectivity index (χ1) is 7.24. The largest absolute Gasteiger partial charge is 0.480 e. The minimum absolute atomic E-state index is 0.201.